The number of aliphatic hydroxyl groups excluding tert-OH is 1. The van der Waals surface area contributed by atoms with Crippen molar-refractivity contribution in [1.82, 2.24) is 14.8 Å². The number of aromatic nitrogens is 3. The molecule has 4 nitrogen and oxygen atoms in total. The molecular weight excluding hydrogens is 250 g/mol. The molecule has 0 fully saturated rings. The highest BCUT2D eigenvalue weighted by Gasteiger charge is 2.22. The monoisotopic (exact) mass is 273 g/mol. The molecule has 0 aliphatic heterocycles. The van der Waals surface area contributed by atoms with Gasteiger partial charge in [0.15, 0.2) is 0 Å². The Morgan fingerprint density at radius 3 is 2.60 bits per heavy atom. The number of nitrogens with zero attached hydrogens (tertiary/aromatic N) is 3. The Morgan fingerprint density at radius 1 is 1.25 bits per heavy atom. The van der Waals surface area contributed by atoms with Crippen LogP contribution in [-0.2, 0) is 18.4 Å². The van der Waals surface area contributed by atoms with Crippen LogP contribution in [0.25, 0.3) is 0 Å². The molecule has 0 saturated carbocycles. The van der Waals surface area contributed by atoms with Gasteiger partial charge in [0.05, 0.1) is 6.10 Å². The predicted octanol–water partition coefficient (Wildman–Crippen LogP) is 2.87. The van der Waals surface area contributed by atoms with Gasteiger partial charge in [-0.15, -0.1) is 0 Å². The normalized spacial score (nSPS) is 13.4. The van der Waals surface area contributed by atoms with Gasteiger partial charge in [-0.3, -0.25) is 4.68 Å². The van der Waals surface area contributed by atoms with Gasteiger partial charge in [-0.2, -0.15) is 5.10 Å². The molecule has 1 unspecified atom stereocenters. The zero-order valence-corrected chi connectivity index (χ0v) is 12.7. The quantitative estimate of drug-likeness (QED) is 0.932. The highest BCUT2D eigenvalue weighted by Crippen LogP contribution is 2.30. The fraction of sp³-hybridized carbons (Fsp3) is 0.500. The summed E-state index contributed by atoms with van der Waals surface area (Å²) in [6, 6.07) is 8.07. The van der Waals surface area contributed by atoms with E-state index in [9.17, 15) is 5.11 Å². The highest BCUT2D eigenvalue weighted by molar-refractivity contribution is 5.34. The van der Waals surface area contributed by atoms with Crippen molar-refractivity contribution in [3.63, 3.8) is 0 Å². The van der Waals surface area contributed by atoms with E-state index in [1.54, 1.807) is 6.33 Å². The van der Waals surface area contributed by atoms with Gasteiger partial charge in [0.1, 0.15) is 12.2 Å². The van der Waals surface area contributed by atoms with Gasteiger partial charge in [-0.1, -0.05) is 45.0 Å². The predicted molar refractivity (Wildman–Crippen MR) is 79.5 cm³/mol. The maximum Gasteiger partial charge on any atom is 0.138 e. The molecule has 4 heteroatoms. The van der Waals surface area contributed by atoms with Gasteiger partial charge in [0.25, 0.3) is 0 Å². The summed E-state index contributed by atoms with van der Waals surface area (Å²) in [5.74, 6) is 0.823. The van der Waals surface area contributed by atoms with Crippen molar-refractivity contribution in [1.29, 1.82) is 0 Å². The SMILES string of the molecule is CCn1ncnc1CC(O)c1ccccc1C(C)(C)C. The van der Waals surface area contributed by atoms with Crippen LogP contribution in [0.15, 0.2) is 30.6 Å². The van der Waals surface area contributed by atoms with Gasteiger partial charge in [-0.05, 0) is 23.5 Å². The zero-order chi connectivity index (χ0) is 14.8. The topological polar surface area (TPSA) is 50.9 Å². The third-order valence-corrected chi connectivity index (χ3v) is 3.50. The standard InChI is InChI=1S/C16H23N3O/c1-5-19-15(17-11-18-19)10-14(20)12-8-6-7-9-13(12)16(2,3)4/h6-9,11,14,20H,5,10H2,1-4H3. The number of hydrogen-bond donors (Lipinski definition) is 1. The summed E-state index contributed by atoms with van der Waals surface area (Å²) in [5, 5.41) is 14.7. The van der Waals surface area contributed by atoms with E-state index in [1.807, 2.05) is 29.8 Å². The molecule has 2 aromatic rings. The van der Waals surface area contributed by atoms with Crippen molar-refractivity contribution in [3.8, 4) is 0 Å². The molecule has 0 aliphatic rings. The van der Waals surface area contributed by atoms with Crippen LogP contribution in [0, 0.1) is 0 Å². The van der Waals surface area contributed by atoms with E-state index in [0.717, 1.165) is 17.9 Å². The number of rotatable bonds is 4. The molecule has 1 heterocycles. The molecular formula is C16H23N3O. The van der Waals surface area contributed by atoms with Crippen LogP contribution in [0.4, 0.5) is 0 Å². The van der Waals surface area contributed by atoms with Crippen LogP contribution in [0.1, 0.15) is 50.8 Å². The van der Waals surface area contributed by atoms with Gasteiger partial charge in [0.2, 0.25) is 0 Å². The molecule has 1 atom stereocenters. The summed E-state index contributed by atoms with van der Waals surface area (Å²) < 4.78 is 1.82. The lowest BCUT2D eigenvalue weighted by atomic mass is 9.82. The lowest BCUT2D eigenvalue weighted by Gasteiger charge is -2.25. The molecule has 0 spiro atoms. The van der Waals surface area contributed by atoms with Crippen LogP contribution < -0.4 is 0 Å². The van der Waals surface area contributed by atoms with Crippen molar-refractivity contribution in [2.75, 3.05) is 0 Å². The van der Waals surface area contributed by atoms with E-state index in [2.05, 4.69) is 36.9 Å². The third-order valence-electron chi connectivity index (χ3n) is 3.50. The molecule has 1 aromatic heterocycles. The van der Waals surface area contributed by atoms with E-state index in [1.165, 1.54) is 5.56 Å². The molecule has 0 saturated heterocycles. The Balaban J connectivity index is 2.28. The average Bonchev–Trinajstić information content (AvgIpc) is 2.85. The Bertz CT molecular complexity index is 569. The minimum Gasteiger partial charge on any atom is -0.388 e. The molecule has 108 valence electrons. The minimum absolute atomic E-state index is 0.00992. The fourth-order valence-corrected chi connectivity index (χ4v) is 2.46. The van der Waals surface area contributed by atoms with Crippen LogP contribution in [-0.4, -0.2) is 19.9 Å². The summed E-state index contributed by atoms with van der Waals surface area (Å²) >= 11 is 0. The maximum atomic E-state index is 10.6. The van der Waals surface area contributed by atoms with Crippen molar-refractivity contribution < 1.29 is 5.11 Å². The van der Waals surface area contributed by atoms with Gasteiger partial charge in [-0.25, -0.2) is 4.98 Å². The Morgan fingerprint density at radius 2 is 1.95 bits per heavy atom. The summed E-state index contributed by atoms with van der Waals surface area (Å²) in [5.41, 5.74) is 2.16. The van der Waals surface area contributed by atoms with Crippen LogP contribution in [0.2, 0.25) is 0 Å². The minimum atomic E-state index is -0.556. The summed E-state index contributed by atoms with van der Waals surface area (Å²) in [6.07, 6.45) is 1.47. The Kier molecular flexibility index (Phi) is 4.23. The van der Waals surface area contributed by atoms with E-state index >= 15 is 0 Å². The molecule has 2 rings (SSSR count). The first-order valence-electron chi connectivity index (χ1n) is 7.07. The van der Waals surface area contributed by atoms with E-state index in [-0.39, 0.29) is 5.41 Å². The first-order chi connectivity index (χ1) is 9.43. The first kappa shape index (κ1) is 14.7. The van der Waals surface area contributed by atoms with E-state index in [4.69, 9.17) is 0 Å². The number of hydrogen-bond acceptors (Lipinski definition) is 3. The number of benzene rings is 1. The van der Waals surface area contributed by atoms with Crippen molar-refractivity contribution in [2.24, 2.45) is 0 Å². The number of aryl methyl sites for hydroxylation is 1. The Hall–Kier alpha value is -1.68. The zero-order valence-electron chi connectivity index (χ0n) is 12.7. The van der Waals surface area contributed by atoms with Gasteiger partial charge in [0, 0.05) is 13.0 Å². The van der Waals surface area contributed by atoms with E-state index < -0.39 is 6.10 Å². The number of aliphatic hydroxyl groups is 1. The molecule has 0 bridgehead atoms. The van der Waals surface area contributed by atoms with E-state index in [0.29, 0.717) is 6.42 Å². The summed E-state index contributed by atoms with van der Waals surface area (Å²) in [6.45, 7) is 9.27. The molecule has 1 aromatic carbocycles. The molecule has 20 heavy (non-hydrogen) atoms. The van der Waals surface area contributed by atoms with Crippen molar-refractivity contribution in [2.45, 2.75) is 52.2 Å². The summed E-state index contributed by atoms with van der Waals surface area (Å²) in [4.78, 5) is 4.24. The summed E-state index contributed by atoms with van der Waals surface area (Å²) in [7, 11) is 0. The fourth-order valence-electron chi connectivity index (χ4n) is 2.46. The second-order valence-electron chi connectivity index (χ2n) is 6.05. The second-order valence-corrected chi connectivity index (χ2v) is 6.05. The lowest BCUT2D eigenvalue weighted by Crippen LogP contribution is -2.18. The van der Waals surface area contributed by atoms with Gasteiger partial charge >= 0.3 is 0 Å². The van der Waals surface area contributed by atoms with Crippen LogP contribution in [0.5, 0.6) is 0 Å². The van der Waals surface area contributed by atoms with Crippen LogP contribution in [0.3, 0.4) is 0 Å². The lowest BCUT2D eigenvalue weighted by molar-refractivity contribution is 0.171. The molecule has 1 N–H and O–H groups in total. The molecule has 0 aliphatic carbocycles. The third kappa shape index (κ3) is 3.07. The average molecular weight is 273 g/mol. The largest absolute Gasteiger partial charge is 0.388 e. The van der Waals surface area contributed by atoms with Crippen LogP contribution >= 0.6 is 0 Å². The van der Waals surface area contributed by atoms with Gasteiger partial charge < -0.3 is 5.11 Å². The smallest absolute Gasteiger partial charge is 0.138 e. The maximum absolute atomic E-state index is 10.6. The molecule has 0 radical (unpaired) electrons. The second kappa shape index (κ2) is 5.75. The Labute approximate surface area is 120 Å². The highest BCUT2D eigenvalue weighted by atomic mass is 16.3. The molecule has 0 amide bonds. The first-order valence-corrected chi connectivity index (χ1v) is 7.07. The van der Waals surface area contributed by atoms with Crippen molar-refractivity contribution in [3.05, 3.63) is 47.5 Å². The van der Waals surface area contributed by atoms with Crippen molar-refractivity contribution >= 4 is 0 Å².